The molecule has 0 radical (unpaired) electrons. The molecule has 0 saturated heterocycles. The van der Waals surface area contributed by atoms with E-state index in [0.29, 0.717) is 0 Å². The van der Waals surface area contributed by atoms with Crippen molar-refractivity contribution in [1.29, 1.82) is 0 Å². The van der Waals surface area contributed by atoms with Crippen LogP contribution in [0.2, 0.25) is 0 Å². The lowest BCUT2D eigenvalue weighted by atomic mass is 10.1. The summed E-state index contributed by atoms with van der Waals surface area (Å²) in [5.74, 6) is 1.51. The van der Waals surface area contributed by atoms with Crippen LogP contribution >= 0.6 is 11.8 Å². The van der Waals surface area contributed by atoms with Crippen LogP contribution in [0.5, 0.6) is 0 Å². The number of carbonyl (C=O) groups is 1. The fraction of sp³-hybridized carbons (Fsp3) is 0.875. The summed E-state index contributed by atoms with van der Waals surface area (Å²) in [6.45, 7) is 2.10. The molecule has 1 saturated carbocycles. The largest absolute Gasteiger partial charge is 0.481 e. The highest BCUT2D eigenvalue weighted by Crippen LogP contribution is 2.49. The van der Waals surface area contributed by atoms with Gasteiger partial charge in [-0.25, -0.2) is 0 Å². The van der Waals surface area contributed by atoms with Crippen molar-refractivity contribution < 1.29 is 9.90 Å². The number of carboxylic acids is 1. The van der Waals surface area contributed by atoms with Crippen molar-refractivity contribution in [1.82, 2.24) is 0 Å². The van der Waals surface area contributed by atoms with E-state index in [4.69, 9.17) is 5.11 Å². The summed E-state index contributed by atoms with van der Waals surface area (Å²) in [4.78, 5) is 10.7. The summed E-state index contributed by atoms with van der Waals surface area (Å²) in [6.07, 6.45) is 2.65. The first-order valence-electron chi connectivity index (χ1n) is 4.02. The third-order valence-corrected chi connectivity index (χ3v) is 3.14. The molecule has 0 unspecified atom stereocenters. The third-order valence-electron chi connectivity index (χ3n) is 2.24. The molecule has 0 atom stereocenters. The smallest absolute Gasteiger partial charge is 0.309 e. The van der Waals surface area contributed by atoms with Gasteiger partial charge in [0.05, 0.1) is 5.41 Å². The van der Waals surface area contributed by atoms with Gasteiger partial charge in [0.15, 0.2) is 0 Å². The van der Waals surface area contributed by atoms with Gasteiger partial charge in [0, 0.05) is 0 Å². The molecule has 1 aliphatic carbocycles. The third kappa shape index (κ3) is 2.12. The fourth-order valence-corrected chi connectivity index (χ4v) is 1.96. The van der Waals surface area contributed by atoms with Crippen LogP contribution in [-0.4, -0.2) is 22.6 Å². The van der Waals surface area contributed by atoms with Crippen LogP contribution in [0.4, 0.5) is 0 Å². The fourth-order valence-electron chi connectivity index (χ4n) is 1.13. The van der Waals surface area contributed by atoms with Gasteiger partial charge in [-0.3, -0.25) is 4.79 Å². The molecule has 0 aromatic carbocycles. The number of hydrogen-bond acceptors (Lipinski definition) is 2. The number of hydrogen-bond donors (Lipinski definition) is 1. The maximum atomic E-state index is 10.7. The van der Waals surface area contributed by atoms with Crippen molar-refractivity contribution in [3.8, 4) is 0 Å². The minimum absolute atomic E-state index is 0.303. The maximum Gasteiger partial charge on any atom is 0.309 e. The topological polar surface area (TPSA) is 37.3 Å². The lowest BCUT2D eigenvalue weighted by molar-refractivity contribution is -0.143. The van der Waals surface area contributed by atoms with E-state index in [1.54, 1.807) is 0 Å². The van der Waals surface area contributed by atoms with Gasteiger partial charge in [0.1, 0.15) is 0 Å². The first-order valence-corrected chi connectivity index (χ1v) is 5.18. The van der Waals surface area contributed by atoms with Gasteiger partial charge < -0.3 is 5.11 Å². The Morgan fingerprint density at radius 3 is 2.64 bits per heavy atom. The molecule has 11 heavy (non-hydrogen) atoms. The molecule has 2 nitrogen and oxygen atoms in total. The second-order valence-corrected chi connectivity index (χ2v) is 4.43. The molecule has 0 aromatic rings. The molecule has 0 bridgehead atoms. The number of thioether (sulfide) groups is 1. The Labute approximate surface area is 71.4 Å². The lowest BCUT2D eigenvalue weighted by Crippen LogP contribution is -2.15. The Kier molecular flexibility index (Phi) is 2.82. The number of carboxylic acid groups (broad SMARTS) is 1. The normalized spacial score (nSPS) is 19.7. The Morgan fingerprint density at radius 1 is 1.64 bits per heavy atom. The Bertz CT molecular complexity index is 152. The van der Waals surface area contributed by atoms with Gasteiger partial charge >= 0.3 is 5.97 Å². The number of aliphatic carboxylic acids is 1. The van der Waals surface area contributed by atoms with Gasteiger partial charge in [-0.15, -0.1) is 0 Å². The zero-order valence-corrected chi connectivity index (χ0v) is 7.62. The van der Waals surface area contributed by atoms with Gasteiger partial charge in [0.2, 0.25) is 0 Å². The van der Waals surface area contributed by atoms with Crippen molar-refractivity contribution in [2.75, 3.05) is 11.5 Å². The predicted octanol–water partition coefficient (Wildman–Crippen LogP) is 1.99. The lowest BCUT2D eigenvalue weighted by Gasteiger charge is -2.07. The molecule has 3 heteroatoms. The van der Waals surface area contributed by atoms with Crippen molar-refractivity contribution in [2.45, 2.75) is 26.2 Å². The van der Waals surface area contributed by atoms with E-state index >= 15 is 0 Å². The van der Waals surface area contributed by atoms with Gasteiger partial charge in [-0.05, 0) is 30.8 Å². The summed E-state index contributed by atoms with van der Waals surface area (Å²) in [5, 5.41) is 8.79. The second kappa shape index (κ2) is 3.48. The zero-order valence-electron chi connectivity index (χ0n) is 6.80. The Balaban J connectivity index is 2.20. The summed E-state index contributed by atoms with van der Waals surface area (Å²) >= 11 is 1.83. The molecule has 0 aliphatic heterocycles. The standard InChI is InChI=1S/C8H14O2S/c1-2-11-6-5-8(3-4-8)7(9)10/h2-6H2,1H3,(H,9,10). The monoisotopic (exact) mass is 174 g/mol. The molecule has 1 aliphatic rings. The molecule has 1 N–H and O–H groups in total. The predicted molar refractivity (Wildman–Crippen MR) is 46.9 cm³/mol. The van der Waals surface area contributed by atoms with E-state index in [2.05, 4.69) is 6.92 Å². The SMILES string of the molecule is CCSCCC1(C(=O)O)CC1. The Morgan fingerprint density at radius 2 is 2.27 bits per heavy atom. The highest BCUT2D eigenvalue weighted by atomic mass is 32.2. The minimum Gasteiger partial charge on any atom is -0.481 e. The van der Waals surface area contributed by atoms with Gasteiger partial charge in [-0.2, -0.15) is 11.8 Å². The maximum absolute atomic E-state index is 10.7. The molecule has 1 rings (SSSR count). The minimum atomic E-state index is -0.589. The summed E-state index contributed by atoms with van der Waals surface area (Å²) in [7, 11) is 0. The van der Waals surface area contributed by atoms with E-state index in [1.807, 2.05) is 11.8 Å². The Hall–Kier alpha value is -0.180. The van der Waals surface area contributed by atoms with Crippen molar-refractivity contribution in [3.63, 3.8) is 0 Å². The van der Waals surface area contributed by atoms with E-state index in [0.717, 1.165) is 30.8 Å². The molecule has 0 amide bonds. The average Bonchev–Trinajstić information content (AvgIpc) is 2.70. The van der Waals surface area contributed by atoms with E-state index < -0.39 is 5.97 Å². The quantitative estimate of drug-likeness (QED) is 0.648. The van der Waals surface area contributed by atoms with Crippen LogP contribution in [-0.2, 0) is 4.79 Å². The van der Waals surface area contributed by atoms with Gasteiger partial charge in [-0.1, -0.05) is 6.92 Å². The molecule has 0 aromatic heterocycles. The van der Waals surface area contributed by atoms with Crippen molar-refractivity contribution in [2.24, 2.45) is 5.41 Å². The zero-order chi connectivity index (χ0) is 8.32. The number of rotatable bonds is 5. The van der Waals surface area contributed by atoms with Crippen LogP contribution in [0.25, 0.3) is 0 Å². The summed E-state index contributed by atoms with van der Waals surface area (Å²) in [5.41, 5.74) is -0.303. The molecule has 0 spiro atoms. The summed E-state index contributed by atoms with van der Waals surface area (Å²) in [6, 6.07) is 0. The second-order valence-electron chi connectivity index (χ2n) is 3.03. The van der Waals surface area contributed by atoms with E-state index in [9.17, 15) is 4.79 Å². The van der Waals surface area contributed by atoms with Crippen molar-refractivity contribution >= 4 is 17.7 Å². The van der Waals surface area contributed by atoms with Crippen LogP contribution in [0.3, 0.4) is 0 Å². The molecular formula is C8H14O2S. The first-order chi connectivity index (χ1) is 5.21. The first kappa shape index (κ1) is 8.91. The molecule has 1 fully saturated rings. The molecule has 0 heterocycles. The highest BCUT2D eigenvalue weighted by Gasteiger charge is 2.49. The van der Waals surface area contributed by atoms with Crippen LogP contribution in [0, 0.1) is 5.41 Å². The average molecular weight is 174 g/mol. The highest BCUT2D eigenvalue weighted by molar-refractivity contribution is 7.99. The van der Waals surface area contributed by atoms with Crippen LogP contribution in [0.15, 0.2) is 0 Å². The molecular weight excluding hydrogens is 160 g/mol. The molecule has 64 valence electrons. The van der Waals surface area contributed by atoms with E-state index in [-0.39, 0.29) is 5.41 Å². The van der Waals surface area contributed by atoms with Gasteiger partial charge in [0.25, 0.3) is 0 Å². The van der Waals surface area contributed by atoms with Crippen LogP contribution < -0.4 is 0 Å². The van der Waals surface area contributed by atoms with E-state index in [1.165, 1.54) is 0 Å². The van der Waals surface area contributed by atoms with Crippen molar-refractivity contribution in [3.05, 3.63) is 0 Å². The van der Waals surface area contributed by atoms with Crippen LogP contribution in [0.1, 0.15) is 26.2 Å². The summed E-state index contributed by atoms with van der Waals surface area (Å²) < 4.78 is 0.